The second kappa shape index (κ2) is 10.9. The van der Waals surface area contributed by atoms with E-state index < -0.39 is 10.0 Å². The summed E-state index contributed by atoms with van der Waals surface area (Å²) in [6.45, 7) is 2.23. The minimum absolute atomic E-state index is 0.0871. The van der Waals surface area contributed by atoms with E-state index in [0.29, 0.717) is 22.1 Å². The zero-order valence-electron chi connectivity index (χ0n) is 17.4. The molecule has 0 saturated carbocycles. The summed E-state index contributed by atoms with van der Waals surface area (Å²) < 4.78 is 27.1. The largest absolute Gasteiger partial charge is 0.352 e. The molecule has 3 rings (SSSR count). The van der Waals surface area contributed by atoms with Crippen molar-refractivity contribution >= 4 is 38.3 Å². The predicted octanol–water partition coefficient (Wildman–Crippen LogP) is 2.13. The number of hydrogen-bond donors (Lipinski definition) is 3. The van der Waals surface area contributed by atoms with Crippen LogP contribution in [0.2, 0.25) is 0 Å². The van der Waals surface area contributed by atoms with Gasteiger partial charge < -0.3 is 10.6 Å². The maximum atomic E-state index is 12.3. The van der Waals surface area contributed by atoms with Crippen LogP contribution in [-0.4, -0.2) is 43.5 Å². The molecule has 0 aliphatic heterocycles. The minimum Gasteiger partial charge on any atom is -0.352 e. The van der Waals surface area contributed by atoms with E-state index in [2.05, 4.69) is 25.6 Å². The lowest BCUT2D eigenvalue weighted by atomic mass is 10.2. The molecule has 11 heteroatoms. The van der Waals surface area contributed by atoms with Crippen LogP contribution >= 0.6 is 11.3 Å². The monoisotopic (exact) mass is 473 g/mol. The van der Waals surface area contributed by atoms with Gasteiger partial charge in [0.15, 0.2) is 0 Å². The zero-order chi connectivity index (χ0) is 23.0. The summed E-state index contributed by atoms with van der Waals surface area (Å²) in [6, 6.07) is 15.3. The van der Waals surface area contributed by atoms with Gasteiger partial charge in [0.05, 0.1) is 4.90 Å². The van der Waals surface area contributed by atoms with Crippen molar-refractivity contribution in [2.24, 2.45) is 0 Å². The van der Waals surface area contributed by atoms with Crippen LogP contribution in [0.5, 0.6) is 0 Å². The Morgan fingerprint density at radius 3 is 2.41 bits per heavy atom. The fraction of sp³-hybridized carbons (Fsp3) is 0.238. The number of carbonyl (C=O) groups is 2. The summed E-state index contributed by atoms with van der Waals surface area (Å²) in [5, 5.41) is 14.1. The molecular formula is C21H23N5O4S2. The van der Waals surface area contributed by atoms with Gasteiger partial charge in [-0.3, -0.25) is 9.59 Å². The van der Waals surface area contributed by atoms with Gasteiger partial charge in [-0.25, -0.2) is 13.1 Å². The molecule has 0 aliphatic rings. The van der Waals surface area contributed by atoms with Crippen LogP contribution in [0.1, 0.15) is 27.3 Å². The molecule has 0 fully saturated rings. The van der Waals surface area contributed by atoms with E-state index in [1.165, 1.54) is 11.3 Å². The number of nitrogens with zero attached hydrogens (tertiary/aromatic N) is 2. The molecule has 3 N–H and O–H groups in total. The highest BCUT2D eigenvalue weighted by Gasteiger charge is 2.14. The highest BCUT2D eigenvalue weighted by Crippen LogP contribution is 2.16. The third-order valence-corrected chi connectivity index (χ3v) is 6.72. The first-order valence-electron chi connectivity index (χ1n) is 9.85. The third kappa shape index (κ3) is 6.94. The summed E-state index contributed by atoms with van der Waals surface area (Å²) in [5.74, 6) is -0.550. The number of aromatic nitrogens is 2. The first kappa shape index (κ1) is 23.5. The molecule has 32 heavy (non-hydrogen) atoms. The van der Waals surface area contributed by atoms with Crippen LogP contribution in [-0.2, 0) is 21.2 Å². The molecule has 168 valence electrons. The minimum atomic E-state index is -3.59. The summed E-state index contributed by atoms with van der Waals surface area (Å²) >= 11 is 1.17. The Bertz CT molecular complexity index is 1160. The molecule has 0 unspecified atom stereocenters. The lowest BCUT2D eigenvalue weighted by molar-refractivity contribution is -0.116. The number of rotatable bonds is 10. The molecule has 1 aromatic heterocycles. The molecule has 2 aromatic carbocycles. The van der Waals surface area contributed by atoms with E-state index in [4.69, 9.17) is 0 Å². The number of anilines is 1. The molecule has 0 radical (unpaired) electrons. The van der Waals surface area contributed by atoms with Gasteiger partial charge in [-0.1, -0.05) is 47.2 Å². The summed E-state index contributed by atoms with van der Waals surface area (Å²) in [7, 11) is -3.59. The molecular weight excluding hydrogens is 450 g/mol. The molecule has 2 amide bonds. The molecule has 1 heterocycles. The average molecular weight is 474 g/mol. The van der Waals surface area contributed by atoms with E-state index >= 15 is 0 Å². The highest BCUT2D eigenvalue weighted by atomic mass is 32.2. The van der Waals surface area contributed by atoms with Crippen LogP contribution in [0, 0.1) is 6.92 Å². The van der Waals surface area contributed by atoms with E-state index in [9.17, 15) is 18.0 Å². The Labute approximate surface area is 190 Å². The van der Waals surface area contributed by atoms with Crippen molar-refractivity contribution < 1.29 is 18.0 Å². The topological polar surface area (TPSA) is 130 Å². The molecule has 0 saturated heterocycles. The van der Waals surface area contributed by atoms with Crippen molar-refractivity contribution in [2.75, 3.05) is 18.4 Å². The van der Waals surface area contributed by atoms with Gasteiger partial charge in [0.1, 0.15) is 5.01 Å². The van der Waals surface area contributed by atoms with Gasteiger partial charge in [0.25, 0.3) is 5.91 Å². The molecule has 0 atom stereocenters. The third-order valence-electron chi connectivity index (χ3n) is 4.35. The van der Waals surface area contributed by atoms with Crippen molar-refractivity contribution in [3.05, 3.63) is 70.7 Å². The van der Waals surface area contributed by atoms with Gasteiger partial charge in [-0.15, -0.1) is 10.2 Å². The average Bonchev–Trinajstić information content (AvgIpc) is 3.21. The van der Waals surface area contributed by atoms with Gasteiger partial charge in [-0.05, 0) is 31.2 Å². The quantitative estimate of drug-likeness (QED) is 0.414. The van der Waals surface area contributed by atoms with E-state index in [-0.39, 0.29) is 36.2 Å². The van der Waals surface area contributed by atoms with Gasteiger partial charge >= 0.3 is 0 Å². The SMILES string of the molecule is Cc1ccc(S(=O)(=O)NCCc2nnc(NC(=O)CCNC(=O)c3ccccc3)s2)cc1. The number of aryl methyl sites for hydroxylation is 1. The van der Waals surface area contributed by atoms with Crippen LogP contribution in [0.3, 0.4) is 0 Å². The normalized spacial score (nSPS) is 11.2. The smallest absolute Gasteiger partial charge is 0.251 e. The standard InChI is InChI=1S/C21H23N5O4S2/c1-15-7-9-17(10-8-15)32(29,30)23-14-12-19-25-26-21(31-19)24-18(27)11-13-22-20(28)16-5-3-2-4-6-16/h2-10,23H,11-14H2,1H3,(H,22,28)(H,24,26,27). The number of sulfonamides is 1. The lowest BCUT2D eigenvalue weighted by Crippen LogP contribution is -2.27. The molecule has 0 aliphatic carbocycles. The second-order valence-corrected chi connectivity index (χ2v) is 9.71. The van der Waals surface area contributed by atoms with Crippen LogP contribution in [0.4, 0.5) is 5.13 Å². The summed E-state index contributed by atoms with van der Waals surface area (Å²) in [5.41, 5.74) is 1.51. The Balaban J connectivity index is 1.40. The fourth-order valence-corrected chi connectivity index (χ4v) is 4.45. The predicted molar refractivity (Wildman–Crippen MR) is 122 cm³/mol. The van der Waals surface area contributed by atoms with E-state index in [1.54, 1.807) is 48.5 Å². The Morgan fingerprint density at radius 1 is 0.969 bits per heavy atom. The van der Waals surface area contributed by atoms with Crippen molar-refractivity contribution in [1.29, 1.82) is 0 Å². The number of carbonyl (C=O) groups excluding carboxylic acids is 2. The summed E-state index contributed by atoms with van der Waals surface area (Å²) in [6.07, 6.45) is 0.426. The number of benzene rings is 2. The van der Waals surface area contributed by atoms with Crippen molar-refractivity contribution in [3.63, 3.8) is 0 Å². The van der Waals surface area contributed by atoms with Gasteiger partial charge in [0, 0.05) is 31.5 Å². The first-order chi connectivity index (χ1) is 15.3. The molecule has 0 spiro atoms. The second-order valence-electron chi connectivity index (χ2n) is 6.88. The van der Waals surface area contributed by atoms with Crippen molar-refractivity contribution in [1.82, 2.24) is 20.2 Å². The van der Waals surface area contributed by atoms with Crippen molar-refractivity contribution in [2.45, 2.75) is 24.7 Å². The Hall–Kier alpha value is -3.15. The van der Waals surface area contributed by atoms with Crippen LogP contribution in [0.25, 0.3) is 0 Å². The van der Waals surface area contributed by atoms with E-state index in [1.807, 2.05) is 13.0 Å². The van der Waals surface area contributed by atoms with Crippen LogP contribution in [0.15, 0.2) is 59.5 Å². The molecule has 3 aromatic rings. The number of amides is 2. The maximum Gasteiger partial charge on any atom is 0.251 e. The Morgan fingerprint density at radius 2 is 1.69 bits per heavy atom. The van der Waals surface area contributed by atoms with Gasteiger partial charge in [0.2, 0.25) is 21.1 Å². The van der Waals surface area contributed by atoms with E-state index in [0.717, 1.165) is 5.56 Å². The maximum absolute atomic E-state index is 12.3. The van der Waals surface area contributed by atoms with Gasteiger partial charge in [-0.2, -0.15) is 0 Å². The van der Waals surface area contributed by atoms with Crippen LogP contribution < -0.4 is 15.4 Å². The van der Waals surface area contributed by atoms with Crippen molar-refractivity contribution in [3.8, 4) is 0 Å². The number of nitrogens with one attached hydrogen (secondary N) is 3. The fourth-order valence-electron chi connectivity index (χ4n) is 2.66. The zero-order valence-corrected chi connectivity index (χ0v) is 19.0. The highest BCUT2D eigenvalue weighted by molar-refractivity contribution is 7.89. The Kier molecular flexibility index (Phi) is 8.03. The first-order valence-corrected chi connectivity index (χ1v) is 12.2. The number of hydrogen-bond acceptors (Lipinski definition) is 7. The molecule has 0 bridgehead atoms. The molecule has 9 nitrogen and oxygen atoms in total. The lowest BCUT2D eigenvalue weighted by Gasteiger charge is -2.06. The summed E-state index contributed by atoms with van der Waals surface area (Å²) in [4.78, 5) is 24.2.